The van der Waals surface area contributed by atoms with Crippen molar-refractivity contribution in [2.24, 2.45) is 10.9 Å². The van der Waals surface area contributed by atoms with Crippen LogP contribution in [0.4, 0.5) is 23.4 Å². The lowest BCUT2D eigenvalue weighted by Gasteiger charge is -2.54. The molecule has 0 aliphatic carbocycles. The van der Waals surface area contributed by atoms with Crippen molar-refractivity contribution in [2.75, 3.05) is 44.4 Å². The maximum atomic E-state index is 11.3. The van der Waals surface area contributed by atoms with E-state index in [1.165, 1.54) is 27.7 Å². The molecule has 1 spiro atoms. The summed E-state index contributed by atoms with van der Waals surface area (Å²) in [5, 5.41) is 0.188. The molecule has 20 heteroatoms. The number of esters is 4. The van der Waals surface area contributed by atoms with E-state index in [0.29, 0.717) is 48.6 Å². The highest BCUT2D eigenvalue weighted by atomic mass is 127. The molecule has 0 aromatic carbocycles. The lowest BCUT2D eigenvalue weighted by molar-refractivity contribution is -0.156. The molecule has 1 saturated heterocycles. The molecule has 5 heterocycles. The second kappa shape index (κ2) is 16.2. The van der Waals surface area contributed by atoms with Crippen LogP contribution in [-0.4, -0.2) is 98.2 Å². The fourth-order valence-corrected chi connectivity index (χ4v) is 5.36. The first kappa shape index (κ1) is 38.2. The lowest BCUT2D eigenvalue weighted by Crippen LogP contribution is -2.78. The molecule has 0 amide bonds. The zero-order valence-electron chi connectivity index (χ0n) is 26.8. The molecule has 2 aliphatic heterocycles. The predicted octanol–water partition coefficient (Wildman–Crippen LogP) is 2.12. The Morgan fingerprint density at radius 2 is 1.52 bits per heavy atom. The van der Waals surface area contributed by atoms with Crippen LogP contribution in [0.1, 0.15) is 40.5 Å². The molecule has 0 bridgehead atoms. The first-order valence-electron chi connectivity index (χ1n) is 14.5. The van der Waals surface area contributed by atoms with E-state index in [1.807, 2.05) is 0 Å². The van der Waals surface area contributed by atoms with Crippen LogP contribution in [0.15, 0.2) is 17.5 Å². The molecule has 2 aliphatic rings. The summed E-state index contributed by atoms with van der Waals surface area (Å²) in [6.45, 7) is 7.08. The van der Waals surface area contributed by atoms with E-state index in [9.17, 15) is 19.2 Å². The molecule has 0 saturated carbocycles. The SMILES string of the molecule is CC(=O)OCC(CCn1cnc2c(Cl)nc(N)nc21)COC(C)=O.CC(=O)OCC1(COC(C)=O)CC[N+]12C=Nc1cnc(N)nc12.I. The number of halogens is 2. The number of quaternary nitrogens is 1. The van der Waals surface area contributed by atoms with Gasteiger partial charge in [-0.2, -0.15) is 19.9 Å². The quantitative estimate of drug-likeness (QED) is 0.0928. The van der Waals surface area contributed by atoms with Crippen molar-refractivity contribution >= 4 is 100 Å². The number of imidazole rings is 1. The third-order valence-electron chi connectivity index (χ3n) is 7.67. The number of nitrogens with zero attached hydrogens (tertiary/aromatic N) is 8. The van der Waals surface area contributed by atoms with Crippen molar-refractivity contribution in [1.29, 1.82) is 0 Å². The molecule has 18 nitrogen and oxygen atoms in total. The smallest absolute Gasteiger partial charge is 0.302 e. The third-order valence-corrected chi connectivity index (χ3v) is 7.93. The summed E-state index contributed by atoms with van der Waals surface area (Å²) in [7, 11) is 0. The molecular formula is C28H37ClIN10O8+. The van der Waals surface area contributed by atoms with Crippen molar-refractivity contribution in [3.63, 3.8) is 0 Å². The van der Waals surface area contributed by atoms with Gasteiger partial charge in [0.2, 0.25) is 11.9 Å². The number of carbonyl (C=O) groups is 4. The fraction of sp³-hybridized carbons (Fsp3) is 0.500. The van der Waals surface area contributed by atoms with Gasteiger partial charge in [-0.15, -0.1) is 24.0 Å². The number of ether oxygens (including phenoxy) is 4. The Balaban J connectivity index is 0.000000255. The van der Waals surface area contributed by atoms with E-state index < -0.39 is 17.5 Å². The average Bonchev–Trinajstić information content (AvgIpc) is 3.59. The van der Waals surface area contributed by atoms with Crippen molar-refractivity contribution in [2.45, 2.75) is 52.6 Å². The van der Waals surface area contributed by atoms with Crippen LogP contribution in [0.2, 0.25) is 5.15 Å². The summed E-state index contributed by atoms with van der Waals surface area (Å²) < 4.78 is 22.5. The first-order chi connectivity index (χ1) is 22.2. The van der Waals surface area contributed by atoms with Gasteiger partial charge in [0.25, 0.3) is 5.82 Å². The van der Waals surface area contributed by atoms with Gasteiger partial charge in [0, 0.05) is 40.2 Å². The minimum Gasteiger partial charge on any atom is -0.465 e. The average molecular weight is 804 g/mol. The van der Waals surface area contributed by atoms with Crippen LogP contribution < -0.4 is 16.0 Å². The number of aromatic nitrogens is 6. The van der Waals surface area contributed by atoms with E-state index in [0.717, 1.165) is 0 Å². The number of nitrogens with two attached hydrogens (primary N) is 2. The second-order valence-electron chi connectivity index (χ2n) is 11.1. The Hall–Kier alpha value is -4.24. The summed E-state index contributed by atoms with van der Waals surface area (Å²) in [4.78, 5) is 69.2. The molecule has 260 valence electrons. The first-order valence-corrected chi connectivity index (χ1v) is 14.9. The largest absolute Gasteiger partial charge is 0.465 e. The van der Waals surface area contributed by atoms with Crippen LogP contribution in [0.25, 0.3) is 11.2 Å². The molecular weight excluding hydrogens is 767 g/mol. The van der Waals surface area contributed by atoms with Crippen molar-refractivity contribution in [1.82, 2.24) is 34.0 Å². The Morgan fingerprint density at radius 3 is 2.06 bits per heavy atom. The van der Waals surface area contributed by atoms with Gasteiger partial charge in [-0.3, -0.25) is 19.2 Å². The topological polar surface area (TPSA) is 239 Å². The van der Waals surface area contributed by atoms with E-state index in [2.05, 4.69) is 29.9 Å². The van der Waals surface area contributed by atoms with Crippen LogP contribution >= 0.6 is 35.6 Å². The number of anilines is 2. The monoisotopic (exact) mass is 803 g/mol. The zero-order valence-corrected chi connectivity index (χ0v) is 29.8. The number of hydrogen-bond donors (Lipinski definition) is 2. The molecule has 0 radical (unpaired) electrons. The number of fused-ring (bicyclic) bond motifs is 3. The molecule has 48 heavy (non-hydrogen) atoms. The summed E-state index contributed by atoms with van der Waals surface area (Å²) in [5.41, 5.74) is 12.3. The van der Waals surface area contributed by atoms with Gasteiger partial charge in [-0.05, 0) is 6.42 Å². The molecule has 3 aromatic heterocycles. The molecule has 4 N–H and O–H groups in total. The highest BCUT2D eigenvalue weighted by molar-refractivity contribution is 14.0. The molecule has 1 fully saturated rings. The summed E-state index contributed by atoms with van der Waals surface area (Å²) in [6, 6.07) is 0. The fourth-order valence-electron chi connectivity index (χ4n) is 5.14. The molecule has 3 aromatic rings. The van der Waals surface area contributed by atoms with E-state index in [-0.39, 0.29) is 89.8 Å². The Morgan fingerprint density at radius 1 is 0.917 bits per heavy atom. The standard InChI is InChI=1S/C14H18ClN5O4.C14H18N5O4.HI/c1-8(21)23-5-10(6-24-9(2)22)3-4-20-7-17-11-12(15)18-14(16)19-13(11)20;1-9(20)22-6-14(7-23-10(2)21)3-4-19(14)8-17-11-5-16-13(15)18-12(11)19;/h7,10H,3-6H2,1-2H3,(H2,16,18,19);5,8H,3-4,6-7H2,1-2H3,(H2,15,16,18);1H/q;+1;. The van der Waals surface area contributed by atoms with Crippen LogP contribution in [0, 0.1) is 5.92 Å². The van der Waals surface area contributed by atoms with E-state index in [1.54, 1.807) is 23.4 Å². The van der Waals surface area contributed by atoms with Crippen molar-refractivity contribution < 1.29 is 38.1 Å². The minimum atomic E-state index is -0.646. The van der Waals surface area contributed by atoms with Crippen LogP contribution in [-0.2, 0) is 44.7 Å². The second-order valence-corrected chi connectivity index (χ2v) is 11.4. The number of carbonyl (C=O) groups excluding carboxylic acids is 4. The molecule has 5 rings (SSSR count). The van der Waals surface area contributed by atoms with Gasteiger partial charge < -0.3 is 35.0 Å². The maximum absolute atomic E-state index is 11.3. The highest BCUT2D eigenvalue weighted by Gasteiger charge is 2.66. The molecule has 1 unspecified atom stereocenters. The van der Waals surface area contributed by atoms with Crippen molar-refractivity contribution in [3.05, 3.63) is 17.7 Å². The Bertz CT molecular complexity index is 1670. The van der Waals surface area contributed by atoms with Gasteiger partial charge in [0.1, 0.15) is 5.52 Å². The Labute approximate surface area is 297 Å². The number of hydrogen-bond acceptors (Lipinski definition) is 16. The maximum Gasteiger partial charge on any atom is 0.302 e. The van der Waals surface area contributed by atoms with Gasteiger partial charge in [0.05, 0.1) is 38.7 Å². The highest BCUT2D eigenvalue weighted by Crippen LogP contribution is 2.49. The lowest BCUT2D eigenvalue weighted by atomic mass is 9.82. The normalized spacial score (nSPS) is 16.6. The van der Waals surface area contributed by atoms with Crippen LogP contribution in [0.5, 0.6) is 0 Å². The van der Waals surface area contributed by atoms with E-state index in [4.69, 9.17) is 42.0 Å². The number of rotatable bonds is 11. The zero-order chi connectivity index (χ0) is 34.4. The van der Waals surface area contributed by atoms with Gasteiger partial charge in [-0.1, -0.05) is 11.6 Å². The minimum absolute atomic E-state index is 0. The summed E-state index contributed by atoms with van der Waals surface area (Å²) in [6.07, 6.45) is 6.15. The number of nitrogen functional groups attached to an aromatic ring is 2. The van der Waals surface area contributed by atoms with Crippen LogP contribution in [0.3, 0.4) is 0 Å². The van der Waals surface area contributed by atoms with Crippen molar-refractivity contribution in [3.8, 4) is 0 Å². The summed E-state index contributed by atoms with van der Waals surface area (Å²) in [5.74, 6) is -0.857. The number of aliphatic imine (C=N–C) groups is 1. The van der Waals surface area contributed by atoms with Gasteiger partial charge >= 0.3 is 23.9 Å². The van der Waals surface area contributed by atoms with Gasteiger partial charge in [0.15, 0.2) is 41.6 Å². The summed E-state index contributed by atoms with van der Waals surface area (Å²) >= 11 is 5.99. The van der Waals surface area contributed by atoms with E-state index >= 15 is 0 Å². The van der Waals surface area contributed by atoms with Gasteiger partial charge in [-0.25, -0.2) is 14.5 Å². The Kier molecular flexibility index (Phi) is 12.9. The number of aryl methyl sites for hydroxylation is 1. The predicted molar refractivity (Wildman–Crippen MR) is 183 cm³/mol. The third kappa shape index (κ3) is 8.81. The molecule has 1 atom stereocenters.